The Morgan fingerprint density at radius 2 is 2.12 bits per heavy atom. The molecule has 0 fully saturated rings. The van der Waals surface area contributed by atoms with E-state index in [1.54, 1.807) is 0 Å². The maximum atomic E-state index is 12.3. The Balaban J connectivity index is 2.12. The van der Waals surface area contributed by atoms with E-state index in [4.69, 9.17) is 23.2 Å². The van der Waals surface area contributed by atoms with E-state index in [1.807, 2.05) is 13.8 Å². The van der Waals surface area contributed by atoms with Gasteiger partial charge in [0.2, 0.25) is 0 Å². The molecule has 2 aromatic heterocycles. The third-order valence-corrected chi connectivity index (χ3v) is 5.47. The van der Waals surface area contributed by atoms with Crippen LogP contribution in [0, 0.1) is 24.0 Å². The molecule has 9 heteroatoms. The van der Waals surface area contributed by atoms with E-state index in [1.165, 1.54) is 35.6 Å². The lowest BCUT2D eigenvalue weighted by Crippen LogP contribution is -2.10. The van der Waals surface area contributed by atoms with Gasteiger partial charge in [-0.2, -0.15) is 0 Å². The summed E-state index contributed by atoms with van der Waals surface area (Å²) >= 11 is 13.7. The SMILES string of the molecule is Cc1sc2nc(/C(Cl)=C/c3cc([N+](=O)[O-])ccc3Cl)[nH]c(=O)c2c1C. The summed E-state index contributed by atoms with van der Waals surface area (Å²) in [5, 5.41) is 11.9. The molecule has 2 heterocycles. The summed E-state index contributed by atoms with van der Waals surface area (Å²) in [7, 11) is 0. The van der Waals surface area contributed by atoms with E-state index in [0.717, 1.165) is 10.4 Å². The number of aromatic nitrogens is 2. The van der Waals surface area contributed by atoms with Crippen molar-refractivity contribution < 1.29 is 4.92 Å². The first-order valence-electron chi connectivity index (χ1n) is 7.09. The van der Waals surface area contributed by atoms with Crippen molar-refractivity contribution in [3.63, 3.8) is 0 Å². The summed E-state index contributed by atoms with van der Waals surface area (Å²) in [6.07, 6.45) is 1.44. The monoisotopic (exact) mass is 395 g/mol. The first kappa shape index (κ1) is 17.6. The number of nitro groups is 1. The predicted octanol–water partition coefficient (Wildman–Crippen LogP) is 4.90. The molecule has 0 saturated carbocycles. The van der Waals surface area contributed by atoms with Crippen LogP contribution >= 0.6 is 34.5 Å². The fourth-order valence-corrected chi connectivity index (χ4v) is 3.74. The molecule has 1 N–H and O–H groups in total. The summed E-state index contributed by atoms with van der Waals surface area (Å²) in [5.74, 6) is 0.183. The Bertz CT molecular complexity index is 1100. The van der Waals surface area contributed by atoms with Gasteiger partial charge in [-0.05, 0) is 31.6 Å². The number of aryl methyl sites for hydroxylation is 2. The zero-order valence-electron chi connectivity index (χ0n) is 13.1. The second-order valence-corrected chi connectivity index (χ2v) is 7.35. The lowest BCUT2D eigenvalue weighted by molar-refractivity contribution is -0.384. The molecule has 0 aliphatic heterocycles. The molecule has 25 heavy (non-hydrogen) atoms. The molecular weight excluding hydrogens is 385 g/mol. The lowest BCUT2D eigenvalue weighted by Gasteiger charge is -2.02. The van der Waals surface area contributed by atoms with Gasteiger partial charge in [-0.15, -0.1) is 11.3 Å². The molecule has 0 spiro atoms. The fourth-order valence-electron chi connectivity index (χ4n) is 2.33. The third-order valence-electron chi connectivity index (χ3n) is 3.74. The molecule has 3 rings (SSSR count). The standard InChI is InChI=1S/C16H11Cl2N3O3S/c1-7-8(2)25-16-13(7)15(22)19-14(20-16)12(18)6-9-5-10(21(23)24)3-4-11(9)17/h3-6H,1-2H3,(H,19,20,22)/b12-6-. The number of H-pyrrole nitrogens is 1. The second kappa shape index (κ2) is 6.59. The normalized spacial score (nSPS) is 11.9. The maximum Gasteiger partial charge on any atom is 0.270 e. The Hall–Kier alpha value is -2.22. The Labute approximate surface area is 155 Å². The van der Waals surface area contributed by atoms with Gasteiger partial charge >= 0.3 is 0 Å². The Morgan fingerprint density at radius 3 is 2.80 bits per heavy atom. The number of fused-ring (bicyclic) bond motifs is 1. The molecule has 0 saturated heterocycles. The zero-order chi connectivity index (χ0) is 18.3. The number of nitrogens with zero attached hydrogens (tertiary/aromatic N) is 2. The van der Waals surface area contributed by atoms with Gasteiger partial charge in [0.25, 0.3) is 11.2 Å². The van der Waals surface area contributed by atoms with Crippen molar-refractivity contribution in [2.45, 2.75) is 13.8 Å². The molecule has 0 amide bonds. The highest BCUT2D eigenvalue weighted by Crippen LogP contribution is 2.30. The number of aromatic amines is 1. The van der Waals surface area contributed by atoms with Gasteiger partial charge in [-0.25, -0.2) is 4.98 Å². The van der Waals surface area contributed by atoms with Crippen LogP contribution in [0.3, 0.4) is 0 Å². The highest BCUT2D eigenvalue weighted by Gasteiger charge is 2.14. The van der Waals surface area contributed by atoms with Crippen molar-refractivity contribution >= 4 is 61.6 Å². The number of thiophene rings is 1. The van der Waals surface area contributed by atoms with Crippen molar-refractivity contribution in [3.05, 3.63) is 65.5 Å². The molecule has 3 aromatic rings. The molecule has 0 aliphatic rings. The maximum absolute atomic E-state index is 12.3. The lowest BCUT2D eigenvalue weighted by atomic mass is 10.2. The second-order valence-electron chi connectivity index (χ2n) is 5.33. The molecule has 0 aliphatic carbocycles. The van der Waals surface area contributed by atoms with Gasteiger partial charge in [0.15, 0.2) is 5.82 Å². The summed E-state index contributed by atoms with van der Waals surface area (Å²) < 4.78 is 0. The molecule has 1 aromatic carbocycles. The van der Waals surface area contributed by atoms with Crippen LogP contribution in [0.1, 0.15) is 21.8 Å². The summed E-state index contributed by atoms with van der Waals surface area (Å²) in [4.78, 5) is 31.3. The van der Waals surface area contributed by atoms with Crippen LogP contribution in [-0.2, 0) is 0 Å². The van der Waals surface area contributed by atoms with Crippen molar-refractivity contribution in [1.82, 2.24) is 9.97 Å². The van der Waals surface area contributed by atoms with Gasteiger partial charge in [0, 0.05) is 27.6 Å². The zero-order valence-corrected chi connectivity index (χ0v) is 15.4. The average Bonchev–Trinajstić information content (AvgIpc) is 2.84. The fraction of sp³-hybridized carbons (Fsp3) is 0.125. The van der Waals surface area contributed by atoms with Crippen molar-refractivity contribution in [3.8, 4) is 0 Å². The number of rotatable bonds is 3. The first-order chi connectivity index (χ1) is 11.8. The third kappa shape index (κ3) is 3.30. The molecule has 6 nitrogen and oxygen atoms in total. The van der Waals surface area contributed by atoms with Gasteiger partial charge < -0.3 is 4.98 Å². The topological polar surface area (TPSA) is 88.9 Å². The van der Waals surface area contributed by atoms with Gasteiger partial charge in [-0.1, -0.05) is 23.2 Å². The minimum absolute atomic E-state index is 0.110. The van der Waals surface area contributed by atoms with Crippen LogP contribution < -0.4 is 5.56 Å². The van der Waals surface area contributed by atoms with Gasteiger partial charge in [-0.3, -0.25) is 14.9 Å². The number of nitrogens with one attached hydrogen (secondary N) is 1. The number of hydrogen-bond acceptors (Lipinski definition) is 5. The summed E-state index contributed by atoms with van der Waals surface area (Å²) in [5.41, 5.74) is 0.865. The number of nitro benzene ring substituents is 1. The smallest absolute Gasteiger partial charge is 0.270 e. The van der Waals surface area contributed by atoms with Crippen molar-refractivity contribution in [1.29, 1.82) is 0 Å². The Morgan fingerprint density at radius 1 is 1.40 bits per heavy atom. The molecule has 128 valence electrons. The highest BCUT2D eigenvalue weighted by molar-refractivity contribution is 7.18. The predicted molar refractivity (Wildman–Crippen MR) is 102 cm³/mol. The molecule has 0 unspecified atom stereocenters. The minimum Gasteiger partial charge on any atom is -0.305 e. The van der Waals surface area contributed by atoms with E-state index < -0.39 is 4.92 Å². The van der Waals surface area contributed by atoms with Crippen LogP contribution in [-0.4, -0.2) is 14.9 Å². The molecular formula is C16H11Cl2N3O3S. The van der Waals surface area contributed by atoms with E-state index in [-0.39, 0.29) is 22.1 Å². The van der Waals surface area contributed by atoms with Gasteiger partial charge in [0.05, 0.1) is 15.3 Å². The first-order valence-corrected chi connectivity index (χ1v) is 8.66. The van der Waals surface area contributed by atoms with Crippen LogP contribution in [0.2, 0.25) is 5.02 Å². The molecule has 0 radical (unpaired) electrons. The quantitative estimate of drug-likeness (QED) is 0.504. The summed E-state index contributed by atoms with van der Waals surface area (Å²) in [6, 6.07) is 4.03. The molecule has 0 bridgehead atoms. The van der Waals surface area contributed by atoms with Crippen LogP contribution in [0.15, 0.2) is 23.0 Å². The average molecular weight is 396 g/mol. The van der Waals surface area contributed by atoms with Crippen LogP contribution in [0.4, 0.5) is 5.69 Å². The number of halogens is 2. The van der Waals surface area contributed by atoms with Crippen LogP contribution in [0.25, 0.3) is 21.3 Å². The summed E-state index contributed by atoms with van der Waals surface area (Å²) in [6.45, 7) is 3.78. The van der Waals surface area contributed by atoms with Crippen LogP contribution in [0.5, 0.6) is 0 Å². The van der Waals surface area contributed by atoms with Gasteiger partial charge in [0.1, 0.15) is 4.83 Å². The van der Waals surface area contributed by atoms with E-state index in [9.17, 15) is 14.9 Å². The number of non-ortho nitro benzene ring substituents is 1. The van der Waals surface area contributed by atoms with E-state index in [2.05, 4.69) is 9.97 Å². The van der Waals surface area contributed by atoms with E-state index >= 15 is 0 Å². The Kier molecular flexibility index (Phi) is 4.64. The molecule has 0 atom stereocenters. The number of benzene rings is 1. The number of hydrogen-bond donors (Lipinski definition) is 1. The van der Waals surface area contributed by atoms with Crippen molar-refractivity contribution in [2.24, 2.45) is 0 Å². The minimum atomic E-state index is -0.523. The van der Waals surface area contributed by atoms with Crippen molar-refractivity contribution in [2.75, 3.05) is 0 Å². The van der Waals surface area contributed by atoms with E-state index in [0.29, 0.717) is 20.8 Å². The largest absolute Gasteiger partial charge is 0.305 e. The highest BCUT2D eigenvalue weighted by atomic mass is 35.5.